The molecule has 0 bridgehead atoms. The quantitative estimate of drug-likeness (QED) is 0.474. The van der Waals surface area contributed by atoms with Crippen molar-refractivity contribution < 1.29 is 18.6 Å². The molecule has 198 valence electrons. The number of rotatable bonds is 8. The van der Waals surface area contributed by atoms with E-state index in [-0.39, 0.29) is 12.1 Å². The fourth-order valence-electron chi connectivity index (χ4n) is 4.93. The minimum atomic E-state index is -0.874. The molecule has 1 saturated heterocycles. The number of nitrogens with one attached hydrogen (secondary N) is 1. The molecule has 1 aromatic carbocycles. The highest BCUT2D eigenvalue weighted by Gasteiger charge is 2.31. The average Bonchev–Trinajstić information content (AvgIpc) is 2.82. The van der Waals surface area contributed by atoms with Crippen LogP contribution in [0.5, 0.6) is 0 Å². The molecule has 3 aromatic rings. The Balaban J connectivity index is 1.36. The molecule has 1 aliphatic heterocycles. The monoisotopic (exact) mass is 512 g/mol. The van der Waals surface area contributed by atoms with Gasteiger partial charge in [0.1, 0.15) is 17.2 Å². The molecule has 0 unspecified atom stereocenters. The van der Waals surface area contributed by atoms with Crippen LogP contribution in [0.15, 0.2) is 30.5 Å². The van der Waals surface area contributed by atoms with E-state index in [1.54, 1.807) is 27.2 Å². The Bertz CT molecular complexity index is 1250. The van der Waals surface area contributed by atoms with Crippen molar-refractivity contribution in [2.45, 2.75) is 57.4 Å². The second-order valence-electron chi connectivity index (χ2n) is 10.7. The zero-order valence-electron chi connectivity index (χ0n) is 21.5. The molecule has 0 atom stereocenters. The van der Waals surface area contributed by atoms with Crippen LogP contribution in [0.4, 0.5) is 20.4 Å². The lowest BCUT2D eigenvalue weighted by molar-refractivity contribution is 0.0328. The van der Waals surface area contributed by atoms with E-state index in [2.05, 4.69) is 20.1 Å². The minimum absolute atomic E-state index is 0.260. The zero-order valence-corrected chi connectivity index (χ0v) is 21.5. The Kier molecular flexibility index (Phi) is 7.24. The summed E-state index contributed by atoms with van der Waals surface area (Å²) in [6.45, 7) is 6.77. The van der Waals surface area contributed by atoms with Crippen molar-refractivity contribution in [3.8, 4) is 0 Å². The van der Waals surface area contributed by atoms with Gasteiger partial charge in [-0.15, -0.1) is 0 Å². The van der Waals surface area contributed by atoms with E-state index in [0.29, 0.717) is 50.2 Å². The van der Waals surface area contributed by atoms with Crippen molar-refractivity contribution in [3.63, 3.8) is 0 Å². The highest BCUT2D eigenvalue weighted by Crippen LogP contribution is 2.32. The number of fused-ring (bicyclic) bond motifs is 1. The van der Waals surface area contributed by atoms with Gasteiger partial charge in [-0.05, 0) is 38.8 Å². The number of hydrogen-bond acceptors (Lipinski definition) is 8. The number of anilines is 2. The van der Waals surface area contributed by atoms with E-state index < -0.39 is 17.2 Å². The Morgan fingerprint density at radius 2 is 1.84 bits per heavy atom. The summed E-state index contributed by atoms with van der Waals surface area (Å²) in [5.74, 6) is 0.424. The molecule has 1 saturated carbocycles. The first-order valence-corrected chi connectivity index (χ1v) is 12.8. The van der Waals surface area contributed by atoms with Crippen molar-refractivity contribution in [1.82, 2.24) is 19.9 Å². The van der Waals surface area contributed by atoms with Crippen molar-refractivity contribution in [2.24, 2.45) is 0 Å². The highest BCUT2D eigenvalue weighted by atomic mass is 19.1. The lowest BCUT2D eigenvalue weighted by atomic mass is 9.89. The summed E-state index contributed by atoms with van der Waals surface area (Å²) in [5, 5.41) is 13.8. The van der Waals surface area contributed by atoms with Crippen LogP contribution in [-0.2, 0) is 17.7 Å². The molecule has 8 nitrogen and oxygen atoms in total. The Morgan fingerprint density at radius 3 is 2.51 bits per heavy atom. The first-order valence-electron chi connectivity index (χ1n) is 12.8. The van der Waals surface area contributed by atoms with Gasteiger partial charge in [0.15, 0.2) is 11.6 Å². The van der Waals surface area contributed by atoms with E-state index in [4.69, 9.17) is 14.7 Å². The molecule has 3 heterocycles. The van der Waals surface area contributed by atoms with Crippen LogP contribution in [0.3, 0.4) is 0 Å². The SMILES string of the molecule is COC1CC(Nc2nc3cnc(CC(C)(C)O)cc3nc2N2CCN(Cc3ccc(F)cc3F)CC2)C1. The maximum absolute atomic E-state index is 14.2. The van der Waals surface area contributed by atoms with E-state index in [9.17, 15) is 13.9 Å². The number of aliphatic hydroxyl groups is 1. The second kappa shape index (κ2) is 10.4. The fraction of sp³-hybridized carbons (Fsp3) is 0.519. The molecule has 5 rings (SSSR count). The van der Waals surface area contributed by atoms with Gasteiger partial charge in [-0.3, -0.25) is 9.88 Å². The van der Waals surface area contributed by atoms with Crippen LogP contribution < -0.4 is 10.2 Å². The Morgan fingerprint density at radius 1 is 1.08 bits per heavy atom. The summed E-state index contributed by atoms with van der Waals surface area (Å²) in [6.07, 6.45) is 4.21. The van der Waals surface area contributed by atoms with Gasteiger partial charge in [0.2, 0.25) is 0 Å². The van der Waals surface area contributed by atoms with Crippen LogP contribution in [0, 0.1) is 11.6 Å². The van der Waals surface area contributed by atoms with Crippen LogP contribution in [0.2, 0.25) is 0 Å². The van der Waals surface area contributed by atoms with E-state index in [0.717, 1.165) is 41.8 Å². The minimum Gasteiger partial charge on any atom is -0.390 e. The first-order chi connectivity index (χ1) is 17.7. The van der Waals surface area contributed by atoms with Crippen LogP contribution in [0.25, 0.3) is 11.0 Å². The van der Waals surface area contributed by atoms with Crippen molar-refractivity contribution in [3.05, 3.63) is 53.4 Å². The number of hydrogen-bond donors (Lipinski definition) is 2. The molecule has 2 fully saturated rings. The van der Waals surface area contributed by atoms with Gasteiger partial charge in [-0.1, -0.05) is 6.07 Å². The predicted molar refractivity (Wildman–Crippen MR) is 139 cm³/mol. The summed E-state index contributed by atoms with van der Waals surface area (Å²) in [7, 11) is 1.73. The lowest BCUT2D eigenvalue weighted by Crippen LogP contribution is -2.47. The number of aromatic nitrogens is 3. The summed E-state index contributed by atoms with van der Waals surface area (Å²) >= 11 is 0. The summed E-state index contributed by atoms with van der Waals surface area (Å²) in [6, 6.07) is 5.90. The fourth-order valence-corrected chi connectivity index (χ4v) is 4.93. The molecular formula is C27H34F2N6O2. The van der Waals surface area contributed by atoms with E-state index in [1.165, 1.54) is 12.1 Å². The molecule has 0 spiro atoms. The van der Waals surface area contributed by atoms with Crippen molar-refractivity contribution in [2.75, 3.05) is 43.5 Å². The number of methoxy groups -OCH3 is 1. The van der Waals surface area contributed by atoms with Crippen molar-refractivity contribution in [1.29, 1.82) is 0 Å². The zero-order chi connectivity index (χ0) is 26.2. The smallest absolute Gasteiger partial charge is 0.172 e. The molecule has 0 amide bonds. The summed E-state index contributed by atoms with van der Waals surface area (Å²) in [4.78, 5) is 18.7. The Hall–Kier alpha value is -2.95. The van der Waals surface area contributed by atoms with Gasteiger partial charge in [0.05, 0.1) is 23.4 Å². The first kappa shape index (κ1) is 25.7. The lowest BCUT2D eigenvalue weighted by Gasteiger charge is -2.38. The van der Waals surface area contributed by atoms with Gasteiger partial charge >= 0.3 is 0 Å². The Labute approximate surface area is 215 Å². The highest BCUT2D eigenvalue weighted by molar-refractivity contribution is 5.80. The van der Waals surface area contributed by atoms with Gasteiger partial charge in [0.25, 0.3) is 0 Å². The topological polar surface area (TPSA) is 86.6 Å². The number of nitrogens with zero attached hydrogens (tertiary/aromatic N) is 5. The molecular weight excluding hydrogens is 478 g/mol. The largest absolute Gasteiger partial charge is 0.390 e. The molecule has 2 aromatic heterocycles. The number of piperazine rings is 1. The van der Waals surface area contributed by atoms with Gasteiger partial charge in [-0.2, -0.15) is 0 Å². The third kappa shape index (κ3) is 6.14. The molecule has 0 radical (unpaired) electrons. The van der Waals surface area contributed by atoms with Crippen molar-refractivity contribution >= 4 is 22.7 Å². The molecule has 1 aliphatic carbocycles. The molecule has 37 heavy (non-hydrogen) atoms. The second-order valence-corrected chi connectivity index (χ2v) is 10.7. The van der Waals surface area contributed by atoms with Gasteiger partial charge in [-0.25, -0.2) is 18.7 Å². The maximum atomic E-state index is 14.2. The summed E-state index contributed by atoms with van der Waals surface area (Å²) in [5.41, 5.74) is 1.80. The van der Waals surface area contributed by atoms with Crippen LogP contribution in [0.1, 0.15) is 37.9 Å². The number of ether oxygens (including phenoxy) is 1. The third-order valence-electron chi connectivity index (χ3n) is 7.05. The van der Waals surface area contributed by atoms with Gasteiger partial charge in [0, 0.05) is 69.6 Å². The molecule has 2 N–H and O–H groups in total. The predicted octanol–water partition coefficient (Wildman–Crippen LogP) is 3.53. The van der Waals surface area contributed by atoms with E-state index >= 15 is 0 Å². The van der Waals surface area contributed by atoms with Crippen LogP contribution >= 0.6 is 0 Å². The van der Waals surface area contributed by atoms with Gasteiger partial charge < -0.3 is 20.1 Å². The number of halogens is 2. The standard InChI is InChI=1S/C27H34F2N6O2/c1-27(2,36)14-20-13-23-24(15-30-20)32-25(31-19-11-21(12-19)37-3)26(33-23)35-8-6-34(7-9-35)16-17-4-5-18(28)10-22(17)29/h4-5,10,13,15,19,21,36H,6-9,11-12,14,16H2,1-3H3,(H,31,32). The van der Waals surface area contributed by atoms with E-state index in [1.807, 2.05) is 6.07 Å². The number of pyridine rings is 1. The molecule has 2 aliphatic rings. The third-order valence-corrected chi connectivity index (χ3v) is 7.05. The average molecular weight is 513 g/mol. The van der Waals surface area contributed by atoms with Crippen LogP contribution in [-0.4, -0.2) is 76.0 Å². The normalized spacial score (nSPS) is 20.8. The maximum Gasteiger partial charge on any atom is 0.172 e. The summed E-state index contributed by atoms with van der Waals surface area (Å²) < 4.78 is 32.9. The molecule has 10 heteroatoms. The number of benzene rings is 1.